The first-order valence-electron chi connectivity index (χ1n) is 10.5. The summed E-state index contributed by atoms with van der Waals surface area (Å²) in [7, 11) is -0.758. The van der Waals surface area contributed by atoms with Crippen molar-refractivity contribution in [3.63, 3.8) is 0 Å². The van der Waals surface area contributed by atoms with E-state index in [1.54, 1.807) is 36.2 Å². The van der Waals surface area contributed by atoms with Gasteiger partial charge in [0.2, 0.25) is 10.0 Å². The van der Waals surface area contributed by atoms with E-state index in [9.17, 15) is 8.42 Å². The molecule has 7 nitrogen and oxygen atoms in total. The SMILES string of the molecule is CCn1cc(-c2ccc(Oc3cccc(-c4ccc(OC)cc4)c3)c(S(=O)(=O)NC)c2)cn1. The van der Waals surface area contributed by atoms with E-state index in [4.69, 9.17) is 9.47 Å². The van der Waals surface area contributed by atoms with Gasteiger partial charge in [-0.15, -0.1) is 0 Å². The number of hydrogen-bond acceptors (Lipinski definition) is 5. The minimum Gasteiger partial charge on any atom is -0.497 e. The van der Waals surface area contributed by atoms with E-state index in [-0.39, 0.29) is 10.6 Å². The molecular weight excluding hydrogens is 438 g/mol. The molecule has 1 N–H and O–H groups in total. The number of methoxy groups -OCH3 is 1. The molecule has 1 heterocycles. The molecule has 0 bridgehead atoms. The van der Waals surface area contributed by atoms with Crippen LogP contribution in [0.25, 0.3) is 22.3 Å². The molecule has 0 radical (unpaired) electrons. The van der Waals surface area contributed by atoms with Gasteiger partial charge in [0, 0.05) is 18.3 Å². The van der Waals surface area contributed by atoms with Crippen molar-refractivity contribution in [1.82, 2.24) is 14.5 Å². The molecule has 0 aliphatic heterocycles. The van der Waals surface area contributed by atoms with E-state index in [1.165, 1.54) is 7.05 Å². The van der Waals surface area contributed by atoms with Crippen LogP contribution in [-0.2, 0) is 16.6 Å². The van der Waals surface area contributed by atoms with Crippen molar-refractivity contribution in [2.24, 2.45) is 0 Å². The van der Waals surface area contributed by atoms with Crippen molar-refractivity contribution in [3.05, 3.63) is 79.1 Å². The summed E-state index contributed by atoms with van der Waals surface area (Å²) < 4.78 is 41.0. The summed E-state index contributed by atoms with van der Waals surface area (Å²) in [5.41, 5.74) is 3.50. The Labute approximate surface area is 193 Å². The minimum atomic E-state index is -3.76. The van der Waals surface area contributed by atoms with Crippen molar-refractivity contribution >= 4 is 10.0 Å². The van der Waals surface area contributed by atoms with Crippen LogP contribution in [0.15, 0.2) is 84.0 Å². The van der Waals surface area contributed by atoms with Crippen molar-refractivity contribution in [1.29, 1.82) is 0 Å². The third kappa shape index (κ3) is 4.92. The number of nitrogens with zero attached hydrogens (tertiary/aromatic N) is 2. The topological polar surface area (TPSA) is 82.5 Å². The van der Waals surface area contributed by atoms with Crippen LogP contribution in [0.2, 0.25) is 0 Å². The number of aromatic nitrogens is 2. The number of rotatable bonds is 8. The van der Waals surface area contributed by atoms with Crippen molar-refractivity contribution in [2.75, 3.05) is 14.2 Å². The minimum absolute atomic E-state index is 0.0570. The van der Waals surface area contributed by atoms with Gasteiger partial charge in [0.25, 0.3) is 0 Å². The summed E-state index contributed by atoms with van der Waals surface area (Å²) in [5, 5.41) is 4.28. The zero-order chi connectivity index (χ0) is 23.4. The van der Waals surface area contributed by atoms with Crippen LogP contribution in [0.3, 0.4) is 0 Å². The summed E-state index contributed by atoms with van der Waals surface area (Å²) >= 11 is 0. The third-order valence-corrected chi connectivity index (χ3v) is 6.71. The van der Waals surface area contributed by atoms with Gasteiger partial charge in [-0.25, -0.2) is 13.1 Å². The molecule has 0 spiro atoms. The first-order chi connectivity index (χ1) is 15.9. The number of benzene rings is 3. The molecule has 0 fully saturated rings. The fourth-order valence-corrected chi connectivity index (χ4v) is 4.30. The smallest absolute Gasteiger partial charge is 0.244 e. The largest absolute Gasteiger partial charge is 0.497 e. The van der Waals surface area contributed by atoms with Crippen LogP contribution in [0.1, 0.15) is 6.92 Å². The Balaban J connectivity index is 1.70. The van der Waals surface area contributed by atoms with Gasteiger partial charge in [-0.3, -0.25) is 4.68 Å². The van der Waals surface area contributed by atoms with E-state index < -0.39 is 10.0 Å². The molecule has 4 aromatic rings. The van der Waals surface area contributed by atoms with Crippen LogP contribution in [0.4, 0.5) is 0 Å². The average molecular weight is 464 g/mol. The fraction of sp³-hybridized carbons (Fsp3) is 0.160. The number of sulfonamides is 1. The van der Waals surface area contributed by atoms with Gasteiger partial charge in [-0.1, -0.05) is 30.3 Å². The molecular formula is C25H25N3O4S. The predicted octanol–water partition coefficient (Wildman–Crippen LogP) is 4.95. The molecule has 8 heteroatoms. The van der Waals surface area contributed by atoms with Gasteiger partial charge < -0.3 is 9.47 Å². The third-order valence-electron chi connectivity index (χ3n) is 5.28. The van der Waals surface area contributed by atoms with Crippen LogP contribution in [0, 0.1) is 0 Å². The summed E-state index contributed by atoms with van der Waals surface area (Å²) in [4.78, 5) is 0.0570. The first kappa shape index (κ1) is 22.6. The van der Waals surface area contributed by atoms with Gasteiger partial charge >= 0.3 is 0 Å². The lowest BCUT2D eigenvalue weighted by Crippen LogP contribution is -2.19. The standard InChI is InChI=1S/C25H25N3O4S/c1-4-28-17-21(16-27-28)20-10-13-24(25(15-20)33(29,30)26-2)32-23-7-5-6-19(14-23)18-8-11-22(31-3)12-9-18/h5-17,26H,4H2,1-3H3. The Hall–Kier alpha value is -3.62. The summed E-state index contributed by atoms with van der Waals surface area (Å²) in [6.07, 6.45) is 3.59. The van der Waals surface area contributed by atoms with Gasteiger partial charge in [0.15, 0.2) is 0 Å². The Kier molecular flexibility index (Phi) is 6.48. The lowest BCUT2D eigenvalue weighted by Gasteiger charge is -2.14. The molecule has 4 rings (SSSR count). The maximum Gasteiger partial charge on any atom is 0.244 e. The molecule has 0 amide bonds. The molecule has 0 aliphatic carbocycles. The zero-order valence-corrected chi connectivity index (χ0v) is 19.5. The average Bonchev–Trinajstić information content (AvgIpc) is 3.34. The second-order valence-electron chi connectivity index (χ2n) is 7.31. The van der Waals surface area contributed by atoms with Gasteiger partial charge in [-0.05, 0) is 67.1 Å². The van der Waals surface area contributed by atoms with E-state index in [1.807, 2.05) is 61.7 Å². The van der Waals surface area contributed by atoms with E-state index >= 15 is 0 Å². The second kappa shape index (κ2) is 9.48. The highest BCUT2D eigenvalue weighted by Crippen LogP contribution is 2.34. The number of ether oxygens (including phenoxy) is 2. The Bertz CT molecular complexity index is 1360. The Morgan fingerprint density at radius 2 is 1.64 bits per heavy atom. The van der Waals surface area contributed by atoms with Crippen LogP contribution < -0.4 is 14.2 Å². The molecule has 0 atom stereocenters. The van der Waals surface area contributed by atoms with Gasteiger partial charge in [0.1, 0.15) is 22.1 Å². The highest BCUT2D eigenvalue weighted by atomic mass is 32.2. The number of aryl methyl sites for hydroxylation is 1. The Morgan fingerprint density at radius 3 is 2.30 bits per heavy atom. The lowest BCUT2D eigenvalue weighted by molar-refractivity contribution is 0.415. The molecule has 0 saturated heterocycles. The maximum absolute atomic E-state index is 12.8. The summed E-state index contributed by atoms with van der Waals surface area (Å²) in [6, 6.07) is 20.3. The van der Waals surface area contributed by atoms with Crippen molar-refractivity contribution in [3.8, 4) is 39.5 Å². The highest BCUT2D eigenvalue weighted by molar-refractivity contribution is 7.89. The van der Waals surface area contributed by atoms with Crippen molar-refractivity contribution in [2.45, 2.75) is 18.4 Å². The van der Waals surface area contributed by atoms with Crippen molar-refractivity contribution < 1.29 is 17.9 Å². The first-order valence-corrected chi connectivity index (χ1v) is 11.9. The normalized spacial score (nSPS) is 11.4. The number of nitrogens with one attached hydrogen (secondary N) is 1. The molecule has 33 heavy (non-hydrogen) atoms. The second-order valence-corrected chi connectivity index (χ2v) is 9.17. The summed E-state index contributed by atoms with van der Waals surface area (Å²) in [5.74, 6) is 1.54. The fourth-order valence-electron chi connectivity index (χ4n) is 3.43. The monoisotopic (exact) mass is 463 g/mol. The summed E-state index contributed by atoms with van der Waals surface area (Å²) in [6.45, 7) is 2.72. The molecule has 1 aromatic heterocycles. The van der Waals surface area contributed by atoms with E-state index in [0.29, 0.717) is 5.75 Å². The molecule has 0 aliphatic rings. The Morgan fingerprint density at radius 1 is 0.909 bits per heavy atom. The van der Waals surface area contributed by atoms with Crippen LogP contribution >= 0.6 is 0 Å². The highest BCUT2D eigenvalue weighted by Gasteiger charge is 2.20. The van der Waals surface area contributed by atoms with E-state index in [2.05, 4.69) is 9.82 Å². The maximum atomic E-state index is 12.8. The predicted molar refractivity (Wildman–Crippen MR) is 128 cm³/mol. The molecule has 3 aromatic carbocycles. The van der Waals surface area contributed by atoms with Gasteiger partial charge in [0.05, 0.1) is 13.3 Å². The molecule has 170 valence electrons. The lowest BCUT2D eigenvalue weighted by atomic mass is 10.1. The van der Waals surface area contributed by atoms with Crippen LogP contribution in [0.5, 0.6) is 17.2 Å². The van der Waals surface area contributed by atoms with E-state index in [0.717, 1.165) is 34.5 Å². The molecule has 0 unspecified atom stereocenters. The number of hydrogen-bond donors (Lipinski definition) is 1. The van der Waals surface area contributed by atoms with Crippen LogP contribution in [-0.4, -0.2) is 32.4 Å². The molecule has 0 saturated carbocycles. The zero-order valence-electron chi connectivity index (χ0n) is 18.6. The quantitative estimate of drug-likeness (QED) is 0.400. The van der Waals surface area contributed by atoms with Gasteiger partial charge in [-0.2, -0.15) is 5.10 Å².